The molecule has 1 N–H and O–H groups in total. The number of rotatable bonds is 5. The van der Waals surface area contributed by atoms with Gasteiger partial charge in [0.1, 0.15) is 12.2 Å². The van der Waals surface area contributed by atoms with Crippen LogP contribution in [-0.4, -0.2) is 20.8 Å². The first-order chi connectivity index (χ1) is 9.11. The van der Waals surface area contributed by atoms with Crippen LogP contribution in [0.15, 0.2) is 6.33 Å². The van der Waals surface area contributed by atoms with Crippen LogP contribution in [0.25, 0.3) is 0 Å². The van der Waals surface area contributed by atoms with Gasteiger partial charge in [0.25, 0.3) is 0 Å². The van der Waals surface area contributed by atoms with Gasteiger partial charge in [-0.3, -0.25) is 0 Å². The number of hydrogen-bond donors (Lipinski definition) is 1. The lowest BCUT2D eigenvalue weighted by Crippen LogP contribution is -2.42. The summed E-state index contributed by atoms with van der Waals surface area (Å²) in [5.74, 6) is 3.46. The number of nitrogens with zero attached hydrogens (tertiary/aromatic N) is 3. The zero-order valence-corrected chi connectivity index (χ0v) is 12.8. The van der Waals surface area contributed by atoms with Gasteiger partial charge in [-0.1, -0.05) is 27.2 Å². The molecular formula is C15H28N4. The second-order valence-electron chi connectivity index (χ2n) is 6.35. The monoisotopic (exact) mass is 264 g/mol. The molecule has 4 heteroatoms. The molecule has 108 valence electrons. The van der Waals surface area contributed by atoms with Crippen molar-refractivity contribution >= 4 is 0 Å². The lowest BCUT2D eigenvalue weighted by Gasteiger charge is -2.38. The van der Waals surface area contributed by atoms with E-state index in [1.54, 1.807) is 0 Å². The van der Waals surface area contributed by atoms with E-state index in [0.29, 0.717) is 6.04 Å². The normalized spacial score (nSPS) is 27.9. The first kappa shape index (κ1) is 14.5. The van der Waals surface area contributed by atoms with Crippen molar-refractivity contribution in [1.82, 2.24) is 20.1 Å². The van der Waals surface area contributed by atoms with Crippen LogP contribution in [-0.2, 0) is 13.1 Å². The van der Waals surface area contributed by atoms with E-state index < -0.39 is 0 Å². The van der Waals surface area contributed by atoms with E-state index in [2.05, 4.69) is 47.8 Å². The highest BCUT2D eigenvalue weighted by atomic mass is 15.3. The van der Waals surface area contributed by atoms with Gasteiger partial charge in [0.05, 0.1) is 6.54 Å². The van der Waals surface area contributed by atoms with E-state index in [-0.39, 0.29) is 0 Å². The van der Waals surface area contributed by atoms with Crippen LogP contribution in [0.3, 0.4) is 0 Å². The second-order valence-corrected chi connectivity index (χ2v) is 6.35. The summed E-state index contributed by atoms with van der Waals surface area (Å²) in [4.78, 5) is 0. The Hall–Kier alpha value is -0.900. The SMILES string of the molecule is CCn1cnnc1CNC1CC(C)CCC1C(C)C. The van der Waals surface area contributed by atoms with Gasteiger partial charge in [0.15, 0.2) is 0 Å². The van der Waals surface area contributed by atoms with Crippen LogP contribution in [0.1, 0.15) is 52.8 Å². The van der Waals surface area contributed by atoms with Crippen LogP contribution in [0.5, 0.6) is 0 Å². The molecule has 4 nitrogen and oxygen atoms in total. The van der Waals surface area contributed by atoms with Crippen molar-refractivity contribution in [1.29, 1.82) is 0 Å². The molecule has 0 bridgehead atoms. The van der Waals surface area contributed by atoms with E-state index in [4.69, 9.17) is 0 Å². The first-order valence-electron chi connectivity index (χ1n) is 7.71. The van der Waals surface area contributed by atoms with Crippen molar-refractivity contribution in [2.75, 3.05) is 0 Å². The molecule has 1 fully saturated rings. The van der Waals surface area contributed by atoms with E-state index in [9.17, 15) is 0 Å². The number of aromatic nitrogens is 3. The highest BCUT2D eigenvalue weighted by Crippen LogP contribution is 2.33. The van der Waals surface area contributed by atoms with Crippen molar-refractivity contribution in [3.8, 4) is 0 Å². The summed E-state index contributed by atoms with van der Waals surface area (Å²) in [6, 6.07) is 0.630. The Morgan fingerprint density at radius 3 is 2.89 bits per heavy atom. The summed E-state index contributed by atoms with van der Waals surface area (Å²) in [5.41, 5.74) is 0. The number of aryl methyl sites for hydroxylation is 1. The molecule has 1 aromatic rings. The van der Waals surface area contributed by atoms with Gasteiger partial charge in [0, 0.05) is 12.6 Å². The van der Waals surface area contributed by atoms with Crippen molar-refractivity contribution in [2.24, 2.45) is 17.8 Å². The van der Waals surface area contributed by atoms with E-state index >= 15 is 0 Å². The molecule has 0 aliphatic heterocycles. The Morgan fingerprint density at radius 2 is 2.21 bits per heavy atom. The summed E-state index contributed by atoms with van der Waals surface area (Å²) >= 11 is 0. The summed E-state index contributed by atoms with van der Waals surface area (Å²) in [7, 11) is 0. The number of hydrogen-bond acceptors (Lipinski definition) is 3. The van der Waals surface area contributed by atoms with Crippen LogP contribution < -0.4 is 5.32 Å². The van der Waals surface area contributed by atoms with Gasteiger partial charge in [-0.2, -0.15) is 0 Å². The van der Waals surface area contributed by atoms with Crippen LogP contribution in [0.4, 0.5) is 0 Å². The van der Waals surface area contributed by atoms with Crippen LogP contribution >= 0.6 is 0 Å². The molecular weight excluding hydrogens is 236 g/mol. The van der Waals surface area contributed by atoms with Gasteiger partial charge in [-0.25, -0.2) is 0 Å². The minimum Gasteiger partial charge on any atom is -0.317 e. The summed E-state index contributed by atoms with van der Waals surface area (Å²) in [5, 5.41) is 11.9. The highest BCUT2D eigenvalue weighted by Gasteiger charge is 2.30. The smallest absolute Gasteiger partial charge is 0.146 e. The van der Waals surface area contributed by atoms with E-state index in [1.165, 1.54) is 19.3 Å². The fourth-order valence-electron chi connectivity index (χ4n) is 3.34. The predicted molar refractivity (Wildman–Crippen MR) is 77.7 cm³/mol. The average Bonchev–Trinajstić information content (AvgIpc) is 2.83. The van der Waals surface area contributed by atoms with E-state index in [0.717, 1.165) is 36.7 Å². The maximum Gasteiger partial charge on any atom is 0.146 e. The summed E-state index contributed by atoms with van der Waals surface area (Å²) < 4.78 is 2.11. The quantitative estimate of drug-likeness (QED) is 0.889. The molecule has 19 heavy (non-hydrogen) atoms. The summed E-state index contributed by atoms with van der Waals surface area (Å²) in [6.07, 6.45) is 5.85. The third-order valence-electron chi connectivity index (χ3n) is 4.58. The third kappa shape index (κ3) is 3.56. The maximum atomic E-state index is 4.21. The highest BCUT2D eigenvalue weighted by molar-refractivity contribution is 4.90. The average molecular weight is 264 g/mol. The van der Waals surface area contributed by atoms with Crippen molar-refractivity contribution in [3.63, 3.8) is 0 Å². The minimum absolute atomic E-state index is 0.630. The topological polar surface area (TPSA) is 42.7 Å². The first-order valence-corrected chi connectivity index (χ1v) is 7.71. The zero-order chi connectivity index (χ0) is 13.8. The Kier molecular flexibility index (Phi) is 4.97. The molecule has 1 aliphatic carbocycles. The Labute approximate surface area is 117 Å². The largest absolute Gasteiger partial charge is 0.317 e. The Morgan fingerprint density at radius 1 is 1.42 bits per heavy atom. The third-order valence-corrected chi connectivity index (χ3v) is 4.58. The van der Waals surface area contributed by atoms with Crippen LogP contribution in [0.2, 0.25) is 0 Å². The molecule has 0 aromatic carbocycles. The lowest BCUT2D eigenvalue weighted by molar-refractivity contribution is 0.168. The summed E-state index contributed by atoms with van der Waals surface area (Å²) in [6.45, 7) is 11.0. The molecule has 1 aromatic heterocycles. The minimum atomic E-state index is 0.630. The van der Waals surface area contributed by atoms with Gasteiger partial charge in [-0.15, -0.1) is 10.2 Å². The fraction of sp³-hybridized carbons (Fsp3) is 0.867. The molecule has 1 aliphatic rings. The molecule has 3 unspecified atom stereocenters. The number of nitrogens with one attached hydrogen (secondary N) is 1. The molecule has 0 radical (unpaired) electrons. The zero-order valence-electron chi connectivity index (χ0n) is 12.8. The van der Waals surface area contributed by atoms with Crippen molar-refractivity contribution < 1.29 is 0 Å². The molecule has 0 saturated heterocycles. The molecule has 0 spiro atoms. The van der Waals surface area contributed by atoms with Crippen molar-refractivity contribution in [3.05, 3.63) is 12.2 Å². The Bertz CT molecular complexity index is 385. The molecule has 2 rings (SSSR count). The van der Waals surface area contributed by atoms with Gasteiger partial charge in [0.2, 0.25) is 0 Å². The van der Waals surface area contributed by atoms with Gasteiger partial charge in [-0.05, 0) is 37.5 Å². The predicted octanol–water partition coefficient (Wildman–Crippen LogP) is 2.85. The van der Waals surface area contributed by atoms with E-state index in [1.807, 2.05) is 6.33 Å². The molecule has 0 amide bonds. The molecule has 1 heterocycles. The standard InChI is InChI=1S/C15H28N4/c1-5-19-10-17-18-15(19)9-16-14-8-12(4)6-7-13(14)11(2)3/h10-14,16H,5-9H2,1-4H3. The lowest BCUT2D eigenvalue weighted by atomic mass is 9.74. The van der Waals surface area contributed by atoms with Gasteiger partial charge < -0.3 is 9.88 Å². The van der Waals surface area contributed by atoms with Crippen molar-refractivity contribution in [2.45, 2.75) is 66.1 Å². The fourth-order valence-corrected chi connectivity index (χ4v) is 3.34. The molecule has 3 atom stereocenters. The van der Waals surface area contributed by atoms with Gasteiger partial charge >= 0.3 is 0 Å². The second kappa shape index (κ2) is 6.51. The maximum absolute atomic E-state index is 4.21. The molecule has 1 saturated carbocycles. The van der Waals surface area contributed by atoms with Crippen LogP contribution in [0, 0.1) is 17.8 Å². The Balaban J connectivity index is 1.95.